The van der Waals surface area contributed by atoms with Gasteiger partial charge >= 0.3 is 0 Å². The van der Waals surface area contributed by atoms with Gasteiger partial charge in [0, 0.05) is 12.0 Å². The molecule has 0 aliphatic rings. The average molecular weight is 549 g/mol. The standard InChI is InChI=1S/C32H28N4O3S/c1-39-26-19-11-18-25(21-26)31-35-36-32(40-31)34-29(37)27(20-22-12-5-2-6-13-22)33-30(38)28(23-14-7-3-8-15-23)24-16-9-4-10-17-24/h2-19,21,27-28H,20H2,1H3,(H,33,38)(H,34,36,37)/t27-/m1/s1. The van der Waals surface area contributed by atoms with Crippen molar-refractivity contribution in [2.24, 2.45) is 0 Å². The largest absolute Gasteiger partial charge is 0.497 e. The molecule has 8 heteroatoms. The molecule has 1 atom stereocenters. The Hall–Kier alpha value is -4.82. The van der Waals surface area contributed by atoms with E-state index in [1.165, 1.54) is 11.3 Å². The van der Waals surface area contributed by atoms with Crippen molar-refractivity contribution in [3.8, 4) is 16.3 Å². The van der Waals surface area contributed by atoms with Crippen molar-refractivity contribution in [3.63, 3.8) is 0 Å². The molecular weight excluding hydrogens is 520 g/mol. The van der Waals surface area contributed by atoms with Crippen LogP contribution in [0.3, 0.4) is 0 Å². The molecule has 0 fully saturated rings. The van der Waals surface area contributed by atoms with Crippen molar-refractivity contribution in [2.75, 3.05) is 12.4 Å². The van der Waals surface area contributed by atoms with Crippen LogP contribution in [0, 0.1) is 0 Å². The van der Waals surface area contributed by atoms with Crippen LogP contribution in [-0.2, 0) is 16.0 Å². The predicted octanol–water partition coefficient (Wildman–Crippen LogP) is 5.71. The van der Waals surface area contributed by atoms with Gasteiger partial charge in [-0.3, -0.25) is 14.9 Å². The van der Waals surface area contributed by atoms with Crippen LogP contribution >= 0.6 is 11.3 Å². The number of hydrogen-bond acceptors (Lipinski definition) is 6. The van der Waals surface area contributed by atoms with Gasteiger partial charge in [-0.15, -0.1) is 10.2 Å². The SMILES string of the molecule is COc1cccc(-c2nnc(NC(=O)[C@@H](Cc3ccccc3)NC(=O)C(c3ccccc3)c3ccccc3)s2)c1. The Kier molecular flexibility index (Phi) is 8.58. The number of rotatable bonds is 10. The molecule has 2 amide bonds. The minimum absolute atomic E-state index is 0.261. The molecule has 0 aliphatic carbocycles. The first kappa shape index (κ1) is 26.8. The molecular formula is C32H28N4O3S. The number of nitrogens with zero attached hydrogens (tertiary/aromatic N) is 2. The summed E-state index contributed by atoms with van der Waals surface area (Å²) >= 11 is 1.25. The molecule has 200 valence electrons. The summed E-state index contributed by atoms with van der Waals surface area (Å²) in [6, 6.07) is 35.4. The van der Waals surface area contributed by atoms with E-state index in [1.807, 2.05) is 115 Å². The molecule has 0 saturated carbocycles. The summed E-state index contributed by atoms with van der Waals surface area (Å²) in [4.78, 5) is 27.4. The van der Waals surface area contributed by atoms with Gasteiger partial charge in [0.2, 0.25) is 16.9 Å². The van der Waals surface area contributed by atoms with Crippen LogP contribution in [0.25, 0.3) is 10.6 Å². The Morgan fingerprint density at radius 2 is 1.40 bits per heavy atom. The van der Waals surface area contributed by atoms with Crippen molar-refractivity contribution in [2.45, 2.75) is 18.4 Å². The monoisotopic (exact) mass is 548 g/mol. The third-order valence-electron chi connectivity index (χ3n) is 6.42. The van der Waals surface area contributed by atoms with Gasteiger partial charge < -0.3 is 10.1 Å². The fourth-order valence-electron chi connectivity index (χ4n) is 4.44. The highest BCUT2D eigenvalue weighted by molar-refractivity contribution is 7.18. The smallest absolute Gasteiger partial charge is 0.249 e. The molecule has 0 unspecified atom stereocenters. The third-order valence-corrected chi connectivity index (χ3v) is 7.30. The molecule has 4 aromatic carbocycles. The van der Waals surface area contributed by atoms with Gasteiger partial charge in [0.1, 0.15) is 16.8 Å². The van der Waals surface area contributed by atoms with Crippen molar-refractivity contribution in [3.05, 3.63) is 132 Å². The van der Waals surface area contributed by atoms with E-state index in [9.17, 15) is 9.59 Å². The predicted molar refractivity (Wildman–Crippen MR) is 157 cm³/mol. The lowest BCUT2D eigenvalue weighted by Crippen LogP contribution is -2.47. The molecule has 5 rings (SSSR count). The van der Waals surface area contributed by atoms with Crippen LogP contribution in [0.4, 0.5) is 5.13 Å². The lowest BCUT2D eigenvalue weighted by Gasteiger charge is -2.23. The quantitative estimate of drug-likeness (QED) is 0.233. The zero-order valence-corrected chi connectivity index (χ0v) is 22.7. The highest BCUT2D eigenvalue weighted by Crippen LogP contribution is 2.29. The van der Waals surface area contributed by atoms with Crippen molar-refractivity contribution < 1.29 is 14.3 Å². The van der Waals surface area contributed by atoms with E-state index in [2.05, 4.69) is 20.8 Å². The lowest BCUT2D eigenvalue weighted by atomic mass is 9.90. The van der Waals surface area contributed by atoms with Crippen LogP contribution in [0.5, 0.6) is 5.75 Å². The summed E-state index contributed by atoms with van der Waals surface area (Å²) in [7, 11) is 1.60. The molecule has 7 nitrogen and oxygen atoms in total. The fraction of sp³-hybridized carbons (Fsp3) is 0.125. The number of carbonyl (C=O) groups excluding carboxylic acids is 2. The van der Waals surface area contributed by atoms with Gasteiger partial charge in [-0.2, -0.15) is 0 Å². The minimum Gasteiger partial charge on any atom is -0.497 e. The fourth-order valence-corrected chi connectivity index (χ4v) is 5.18. The Bertz CT molecular complexity index is 1520. The topological polar surface area (TPSA) is 93.2 Å². The Morgan fingerprint density at radius 1 is 0.775 bits per heavy atom. The Labute approximate surface area is 236 Å². The van der Waals surface area contributed by atoms with Gasteiger partial charge in [0.15, 0.2) is 0 Å². The lowest BCUT2D eigenvalue weighted by molar-refractivity contribution is -0.126. The number of amides is 2. The molecule has 0 bridgehead atoms. The van der Waals surface area contributed by atoms with Crippen molar-refractivity contribution >= 4 is 28.3 Å². The van der Waals surface area contributed by atoms with E-state index in [4.69, 9.17) is 4.74 Å². The molecule has 1 aromatic heterocycles. The van der Waals surface area contributed by atoms with Gasteiger partial charge in [-0.05, 0) is 28.8 Å². The molecule has 0 aliphatic heterocycles. The highest BCUT2D eigenvalue weighted by Gasteiger charge is 2.28. The third kappa shape index (κ3) is 6.59. The maximum atomic E-state index is 13.8. The maximum Gasteiger partial charge on any atom is 0.249 e. The first-order valence-corrected chi connectivity index (χ1v) is 13.7. The average Bonchev–Trinajstić information content (AvgIpc) is 3.47. The first-order chi connectivity index (χ1) is 19.6. The van der Waals surface area contributed by atoms with E-state index >= 15 is 0 Å². The van der Waals surface area contributed by atoms with E-state index in [0.29, 0.717) is 22.3 Å². The van der Waals surface area contributed by atoms with Crippen LogP contribution < -0.4 is 15.4 Å². The molecule has 5 aromatic rings. The van der Waals surface area contributed by atoms with Gasteiger partial charge in [0.05, 0.1) is 13.0 Å². The molecule has 0 radical (unpaired) electrons. The molecule has 2 N–H and O–H groups in total. The van der Waals surface area contributed by atoms with E-state index in [-0.39, 0.29) is 11.8 Å². The van der Waals surface area contributed by atoms with Crippen LogP contribution in [0.2, 0.25) is 0 Å². The number of benzene rings is 4. The summed E-state index contributed by atoms with van der Waals surface area (Å²) < 4.78 is 5.30. The number of aromatic nitrogens is 2. The number of anilines is 1. The summed E-state index contributed by atoms with van der Waals surface area (Å²) in [6.07, 6.45) is 0.316. The number of carbonyl (C=O) groups is 2. The zero-order chi connectivity index (χ0) is 27.7. The van der Waals surface area contributed by atoms with E-state index in [1.54, 1.807) is 7.11 Å². The van der Waals surface area contributed by atoms with Gasteiger partial charge in [-0.25, -0.2) is 0 Å². The Balaban J connectivity index is 1.39. The molecule has 0 saturated heterocycles. The van der Waals surface area contributed by atoms with Crippen LogP contribution in [0.1, 0.15) is 22.6 Å². The summed E-state index contributed by atoms with van der Waals surface area (Å²) in [5.41, 5.74) is 3.45. The van der Waals surface area contributed by atoms with Crippen molar-refractivity contribution in [1.82, 2.24) is 15.5 Å². The van der Waals surface area contributed by atoms with Crippen LogP contribution in [0.15, 0.2) is 115 Å². The Morgan fingerprint density at radius 3 is 2.02 bits per heavy atom. The van der Waals surface area contributed by atoms with Gasteiger partial charge in [-0.1, -0.05) is 114 Å². The summed E-state index contributed by atoms with van der Waals surface area (Å²) in [5, 5.41) is 15.3. The normalized spacial score (nSPS) is 11.6. The second-order valence-corrected chi connectivity index (χ2v) is 10.1. The minimum atomic E-state index is -0.839. The molecule has 0 spiro atoms. The second-order valence-electron chi connectivity index (χ2n) is 9.14. The van der Waals surface area contributed by atoms with E-state index in [0.717, 1.165) is 22.3 Å². The summed E-state index contributed by atoms with van der Waals surface area (Å²) in [5.74, 6) is -0.502. The number of methoxy groups -OCH3 is 1. The molecule has 1 heterocycles. The van der Waals surface area contributed by atoms with Gasteiger partial charge in [0.25, 0.3) is 0 Å². The van der Waals surface area contributed by atoms with E-state index < -0.39 is 12.0 Å². The number of ether oxygens (including phenoxy) is 1. The number of nitrogens with one attached hydrogen (secondary N) is 2. The first-order valence-electron chi connectivity index (χ1n) is 12.8. The van der Waals surface area contributed by atoms with Crippen LogP contribution in [-0.4, -0.2) is 35.2 Å². The molecule has 40 heavy (non-hydrogen) atoms. The zero-order valence-electron chi connectivity index (χ0n) is 21.9. The van der Waals surface area contributed by atoms with Crippen molar-refractivity contribution in [1.29, 1.82) is 0 Å². The maximum absolute atomic E-state index is 13.8. The summed E-state index contributed by atoms with van der Waals surface area (Å²) in [6.45, 7) is 0. The highest BCUT2D eigenvalue weighted by atomic mass is 32.1. The second kappa shape index (κ2) is 12.8. The number of hydrogen-bond donors (Lipinski definition) is 2.